The monoisotopic (exact) mass is 198 g/mol. The van der Waals surface area contributed by atoms with E-state index in [4.69, 9.17) is 0 Å². The number of hydrogen-bond donors (Lipinski definition) is 0. The molecule has 0 aromatic rings. The molecule has 0 spiro atoms. The smallest absolute Gasteiger partial charge is 0.00887 e. The predicted octanol–water partition coefficient (Wildman–Crippen LogP) is 4.03. The van der Waals surface area contributed by atoms with Gasteiger partial charge in [0.15, 0.2) is 0 Å². The SMILES string of the molecule is CC1C=CC2=C(CC3=CC=CCC32)C1C. The van der Waals surface area contributed by atoms with Crippen LogP contribution in [0, 0.1) is 17.8 Å². The standard InChI is InChI=1S/C15H18/c1-10-7-8-14-13-6-4-3-5-12(13)9-15(14)11(10)2/h3-5,7-8,10-11,13H,6,9H2,1-2H3. The summed E-state index contributed by atoms with van der Waals surface area (Å²) in [5.74, 6) is 2.19. The summed E-state index contributed by atoms with van der Waals surface area (Å²) in [6.45, 7) is 4.72. The zero-order chi connectivity index (χ0) is 10.4. The number of allylic oxidation sites excluding steroid dienone is 8. The molecule has 0 heterocycles. The largest absolute Gasteiger partial charge is 0.0836 e. The van der Waals surface area contributed by atoms with Crippen LogP contribution in [0.15, 0.2) is 47.1 Å². The number of fused-ring (bicyclic) bond motifs is 2. The van der Waals surface area contributed by atoms with Crippen LogP contribution >= 0.6 is 0 Å². The third-order valence-electron chi connectivity index (χ3n) is 4.32. The molecule has 15 heavy (non-hydrogen) atoms. The normalized spacial score (nSPS) is 37.7. The summed E-state index contributed by atoms with van der Waals surface area (Å²) in [6.07, 6.45) is 14.1. The minimum Gasteiger partial charge on any atom is -0.0836 e. The molecule has 0 fully saturated rings. The van der Waals surface area contributed by atoms with Gasteiger partial charge < -0.3 is 0 Å². The van der Waals surface area contributed by atoms with E-state index in [0.29, 0.717) is 0 Å². The molecule has 78 valence electrons. The first kappa shape index (κ1) is 9.21. The van der Waals surface area contributed by atoms with E-state index in [9.17, 15) is 0 Å². The molecule has 0 aromatic heterocycles. The lowest BCUT2D eigenvalue weighted by Crippen LogP contribution is -2.12. The lowest BCUT2D eigenvalue weighted by molar-refractivity contribution is 0.513. The average Bonchev–Trinajstić information content (AvgIpc) is 2.63. The lowest BCUT2D eigenvalue weighted by atomic mass is 9.81. The minimum atomic E-state index is 0.719. The third-order valence-corrected chi connectivity index (χ3v) is 4.32. The van der Waals surface area contributed by atoms with Crippen LogP contribution in [-0.2, 0) is 0 Å². The summed E-state index contributed by atoms with van der Waals surface area (Å²) in [6, 6.07) is 0. The van der Waals surface area contributed by atoms with Crippen molar-refractivity contribution in [2.45, 2.75) is 26.7 Å². The minimum absolute atomic E-state index is 0.719. The van der Waals surface area contributed by atoms with Gasteiger partial charge in [-0.1, -0.05) is 55.4 Å². The Bertz CT molecular complexity index is 404. The van der Waals surface area contributed by atoms with Crippen molar-refractivity contribution in [3.63, 3.8) is 0 Å². The molecule has 0 amide bonds. The molecule has 3 unspecified atom stereocenters. The van der Waals surface area contributed by atoms with Gasteiger partial charge in [-0.2, -0.15) is 0 Å². The predicted molar refractivity (Wildman–Crippen MR) is 64.4 cm³/mol. The highest BCUT2D eigenvalue weighted by molar-refractivity contribution is 5.49. The Morgan fingerprint density at radius 1 is 1.27 bits per heavy atom. The van der Waals surface area contributed by atoms with Crippen molar-refractivity contribution in [2.75, 3.05) is 0 Å². The van der Waals surface area contributed by atoms with Gasteiger partial charge in [0, 0.05) is 5.92 Å². The number of hydrogen-bond acceptors (Lipinski definition) is 0. The molecule has 0 saturated heterocycles. The zero-order valence-electron chi connectivity index (χ0n) is 9.53. The first-order chi connectivity index (χ1) is 7.27. The van der Waals surface area contributed by atoms with E-state index >= 15 is 0 Å². The zero-order valence-corrected chi connectivity index (χ0v) is 9.53. The first-order valence-electron chi connectivity index (χ1n) is 6.04. The molecule has 0 radical (unpaired) electrons. The Morgan fingerprint density at radius 2 is 2.13 bits per heavy atom. The van der Waals surface area contributed by atoms with Gasteiger partial charge in [-0.05, 0) is 30.3 Å². The Morgan fingerprint density at radius 3 is 3.00 bits per heavy atom. The fraction of sp³-hybridized carbons (Fsp3) is 0.467. The maximum absolute atomic E-state index is 2.39. The maximum atomic E-state index is 2.39. The van der Waals surface area contributed by atoms with Gasteiger partial charge in [0.25, 0.3) is 0 Å². The Hall–Kier alpha value is -1.04. The van der Waals surface area contributed by atoms with Crippen LogP contribution in [0.2, 0.25) is 0 Å². The molecular weight excluding hydrogens is 180 g/mol. The van der Waals surface area contributed by atoms with E-state index in [0.717, 1.165) is 17.8 Å². The van der Waals surface area contributed by atoms with Crippen molar-refractivity contribution in [3.05, 3.63) is 47.1 Å². The Kier molecular flexibility index (Phi) is 1.98. The van der Waals surface area contributed by atoms with Gasteiger partial charge in [-0.25, -0.2) is 0 Å². The van der Waals surface area contributed by atoms with Crippen LogP contribution < -0.4 is 0 Å². The summed E-state index contributed by atoms with van der Waals surface area (Å²) >= 11 is 0. The van der Waals surface area contributed by atoms with Crippen LogP contribution in [0.4, 0.5) is 0 Å². The summed E-state index contributed by atoms with van der Waals surface area (Å²) in [4.78, 5) is 0. The van der Waals surface area contributed by atoms with Gasteiger partial charge >= 0.3 is 0 Å². The topological polar surface area (TPSA) is 0 Å². The van der Waals surface area contributed by atoms with Crippen LogP contribution in [0.3, 0.4) is 0 Å². The van der Waals surface area contributed by atoms with Crippen LogP contribution in [0.1, 0.15) is 26.7 Å². The van der Waals surface area contributed by atoms with E-state index < -0.39 is 0 Å². The van der Waals surface area contributed by atoms with Crippen molar-refractivity contribution < 1.29 is 0 Å². The lowest BCUT2D eigenvalue weighted by Gasteiger charge is -2.24. The third kappa shape index (κ3) is 1.27. The Labute approximate surface area is 92.1 Å². The second-order valence-electron chi connectivity index (χ2n) is 5.12. The van der Waals surface area contributed by atoms with Crippen molar-refractivity contribution in [2.24, 2.45) is 17.8 Å². The average molecular weight is 198 g/mol. The molecule has 3 rings (SSSR count). The highest BCUT2D eigenvalue weighted by Gasteiger charge is 2.33. The highest BCUT2D eigenvalue weighted by atomic mass is 14.4. The quantitative estimate of drug-likeness (QED) is 0.551. The molecule has 0 heteroatoms. The molecule has 0 N–H and O–H groups in total. The van der Waals surface area contributed by atoms with E-state index in [1.807, 2.05) is 0 Å². The molecule has 0 bridgehead atoms. The molecule has 0 aromatic carbocycles. The molecular formula is C15H18. The fourth-order valence-electron chi connectivity index (χ4n) is 3.11. The van der Waals surface area contributed by atoms with Crippen LogP contribution in [0.25, 0.3) is 0 Å². The van der Waals surface area contributed by atoms with Crippen molar-refractivity contribution in [3.8, 4) is 0 Å². The molecule has 0 saturated carbocycles. The molecule has 0 aliphatic heterocycles. The van der Waals surface area contributed by atoms with Crippen LogP contribution in [0.5, 0.6) is 0 Å². The van der Waals surface area contributed by atoms with Gasteiger partial charge in [-0.15, -0.1) is 0 Å². The van der Waals surface area contributed by atoms with Crippen molar-refractivity contribution in [1.82, 2.24) is 0 Å². The van der Waals surface area contributed by atoms with Gasteiger partial charge in [0.1, 0.15) is 0 Å². The highest BCUT2D eigenvalue weighted by Crippen LogP contribution is 2.47. The fourth-order valence-corrected chi connectivity index (χ4v) is 3.11. The summed E-state index contributed by atoms with van der Waals surface area (Å²) in [5.41, 5.74) is 4.99. The van der Waals surface area contributed by atoms with Gasteiger partial charge in [0.2, 0.25) is 0 Å². The van der Waals surface area contributed by atoms with Crippen LogP contribution in [-0.4, -0.2) is 0 Å². The second kappa shape index (κ2) is 3.23. The van der Waals surface area contributed by atoms with E-state index in [-0.39, 0.29) is 0 Å². The summed E-state index contributed by atoms with van der Waals surface area (Å²) in [5, 5.41) is 0. The van der Waals surface area contributed by atoms with E-state index in [1.54, 1.807) is 16.7 Å². The van der Waals surface area contributed by atoms with E-state index in [2.05, 4.69) is 44.2 Å². The summed E-state index contributed by atoms with van der Waals surface area (Å²) < 4.78 is 0. The molecule has 0 nitrogen and oxygen atoms in total. The number of rotatable bonds is 0. The molecule has 3 aliphatic carbocycles. The molecule has 3 aliphatic rings. The maximum Gasteiger partial charge on any atom is 0.00887 e. The van der Waals surface area contributed by atoms with Gasteiger partial charge in [0.05, 0.1) is 0 Å². The van der Waals surface area contributed by atoms with Crippen molar-refractivity contribution >= 4 is 0 Å². The summed E-state index contributed by atoms with van der Waals surface area (Å²) in [7, 11) is 0. The van der Waals surface area contributed by atoms with Gasteiger partial charge in [-0.3, -0.25) is 0 Å². The van der Waals surface area contributed by atoms with E-state index in [1.165, 1.54) is 12.8 Å². The second-order valence-corrected chi connectivity index (χ2v) is 5.12. The van der Waals surface area contributed by atoms with Crippen molar-refractivity contribution in [1.29, 1.82) is 0 Å². The molecule has 3 atom stereocenters. The Balaban J connectivity index is 2.01. The first-order valence-corrected chi connectivity index (χ1v) is 6.04.